The summed E-state index contributed by atoms with van der Waals surface area (Å²) in [5.74, 6) is -1.14. The smallest absolute Gasteiger partial charge is 0.306 e. The second kappa shape index (κ2) is 8.47. The van der Waals surface area contributed by atoms with Crippen molar-refractivity contribution in [1.29, 1.82) is 0 Å². The van der Waals surface area contributed by atoms with Gasteiger partial charge in [0.25, 0.3) is 0 Å². The Bertz CT molecular complexity index is 744. The maximum Gasteiger partial charge on any atom is 0.306 e. The van der Waals surface area contributed by atoms with Crippen molar-refractivity contribution in [2.45, 2.75) is 40.2 Å². The van der Waals surface area contributed by atoms with E-state index in [1.54, 1.807) is 31.2 Å². The fourth-order valence-electron chi connectivity index (χ4n) is 2.74. The molecule has 0 aliphatic rings. The number of carboxylic acid groups (broad SMARTS) is 1. The summed E-state index contributed by atoms with van der Waals surface area (Å²) in [5, 5.41) is 9.11. The summed E-state index contributed by atoms with van der Waals surface area (Å²) in [6, 6.07) is 13.0. The molecular formula is C21H24O4. The quantitative estimate of drug-likeness (QED) is 0.715. The molecule has 0 heterocycles. The highest BCUT2D eigenvalue weighted by atomic mass is 16.5. The molecule has 0 spiro atoms. The lowest BCUT2D eigenvalue weighted by Crippen LogP contribution is -2.17. The number of hydrogen-bond acceptors (Lipinski definition) is 3. The molecule has 25 heavy (non-hydrogen) atoms. The molecule has 2 aromatic carbocycles. The zero-order valence-corrected chi connectivity index (χ0v) is 14.9. The van der Waals surface area contributed by atoms with Crippen LogP contribution in [-0.4, -0.2) is 16.9 Å². The lowest BCUT2D eigenvalue weighted by Gasteiger charge is -2.13. The third-order valence-electron chi connectivity index (χ3n) is 4.46. The predicted octanol–water partition coefficient (Wildman–Crippen LogP) is 4.57. The van der Waals surface area contributed by atoms with Crippen LogP contribution in [0.3, 0.4) is 0 Å². The number of carbonyl (C=O) groups excluding carboxylic acids is 1. The first-order valence-corrected chi connectivity index (χ1v) is 8.46. The Hall–Kier alpha value is -2.62. The van der Waals surface area contributed by atoms with Gasteiger partial charge >= 0.3 is 5.97 Å². The van der Waals surface area contributed by atoms with Crippen molar-refractivity contribution in [1.82, 2.24) is 0 Å². The summed E-state index contributed by atoms with van der Waals surface area (Å²) in [6.45, 7) is 6.30. The number of benzene rings is 2. The van der Waals surface area contributed by atoms with E-state index in [0.717, 1.165) is 5.56 Å². The van der Waals surface area contributed by atoms with E-state index in [-0.39, 0.29) is 12.2 Å². The minimum atomic E-state index is -0.932. The van der Waals surface area contributed by atoms with Crippen molar-refractivity contribution in [2.75, 3.05) is 0 Å². The highest BCUT2D eigenvalue weighted by Gasteiger charge is 2.20. The molecule has 0 fully saturated rings. The van der Waals surface area contributed by atoms with Crippen LogP contribution in [0.15, 0.2) is 42.5 Å². The predicted molar refractivity (Wildman–Crippen MR) is 97.1 cm³/mol. The van der Waals surface area contributed by atoms with Gasteiger partial charge in [0.1, 0.15) is 12.4 Å². The summed E-state index contributed by atoms with van der Waals surface area (Å²) in [5.41, 5.74) is 3.95. The summed E-state index contributed by atoms with van der Waals surface area (Å²) < 4.78 is 5.85. The normalized spacial score (nSPS) is 11.8. The molecule has 2 aromatic rings. The number of aryl methyl sites for hydroxylation is 2. The lowest BCUT2D eigenvalue weighted by atomic mass is 9.96. The number of rotatable bonds is 8. The van der Waals surface area contributed by atoms with E-state index in [1.165, 1.54) is 11.1 Å². The molecule has 4 heteroatoms. The lowest BCUT2D eigenvalue weighted by molar-refractivity contribution is -0.141. The highest BCUT2D eigenvalue weighted by molar-refractivity contribution is 5.98. The van der Waals surface area contributed by atoms with Crippen molar-refractivity contribution in [3.63, 3.8) is 0 Å². The minimum absolute atomic E-state index is 0.00614. The maximum atomic E-state index is 12.3. The number of ketones is 1. The third kappa shape index (κ3) is 4.92. The largest absolute Gasteiger partial charge is 0.489 e. The monoisotopic (exact) mass is 340 g/mol. The molecule has 132 valence electrons. The second-order valence-corrected chi connectivity index (χ2v) is 6.26. The van der Waals surface area contributed by atoms with Gasteiger partial charge < -0.3 is 9.84 Å². The third-order valence-corrected chi connectivity index (χ3v) is 4.46. The van der Waals surface area contributed by atoms with Crippen LogP contribution in [0.5, 0.6) is 5.75 Å². The number of aliphatic carboxylic acids is 1. The van der Waals surface area contributed by atoms with Crippen LogP contribution in [0.25, 0.3) is 0 Å². The Morgan fingerprint density at radius 3 is 2.32 bits per heavy atom. The summed E-state index contributed by atoms with van der Waals surface area (Å²) in [7, 11) is 0. The van der Waals surface area contributed by atoms with E-state index in [9.17, 15) is 9.59 Å². The number of ether oxygens (including phenoxy) is 1. The maximum absolute atomic E-state index is 12.3. The van der Waals surface area contributed by atoms with E-state index in [1.807, 2.05) is 32.0 Å². The van der Waals surface area contributed by atoms with Gasteiger partial charge in [0.15, 0.2) is 5.78 Å². The van der Waals surface area contributed by atoms with Crippen LogP contribution in [0.2, 0.25) is 0 Å². The van der Waals surface area contributed by atoms with Crippen LogP contribution in [0.1, 0.15) is 46.8 Å². The first-order valence-electron chi connectivity index (χ1n) is 8.46. The SMILES string of the molecule is CCC(CC(=O)c1cccc(OCc2c(C)cccc2C)c1)C(=O)O. The zero-order chi connectivity index (χ0) is 18.4. The van der Waals surface area contributed by atoms with Crippen LogP contribution in [0, 0.1) is 19.8 Å². The van der Waals surface area contributed by atoms with Crippen LogP contribution < -0.4 is 4.74 Å². The Morgan fingerprint density at radius 2 is 1.72 bits per heavy atom. The van der Waals surface area contributed by atoms with Crippen LogP contribution >= 0.6 is 0 Å². The highest BCUT2D eigenvalue weighted by Crippen LogP contribution is 2.21. The van der Waals surface area contributed by atoms with Gasteiger partial charge in [-0.2, -0.15) is 0 Å². The molecular weight excluding hydrogens is 316 g/mol. The molecule has 4 nitrogen and oxygen atoms in total. The van der Waals surface area contributed by atoms with Gasteiger partial charge in [-0.15, -0.1) is 0 Å². The molecule has 2 rings (SSSR count). The van der Waals surface area contributed by atoms with Crippen molar-refractivity contribution in [3.05, 3.63) is 64.7 Å². The summed E-state index contributed by atoms with van der Waals surface area (Å²) >= 11 is 0. The Morgan fingerprint density at radius 1 is 1.08 bits per heavy atom. The molecule has 0 aromatic heterocycles. The molecule has 0 radical (unpaired) electrons. The molecule has 0 aliphatic carbocycles. The number of carbonyl (C=O) groups is 2. The Labute approximate surface area is 148 Å². The van der Waals surface area contributed by atoms with E-state index >= 15 is 0 Å². The fourth-order valence-corrected chi connectivity index (χ4v) is 2.74. The van der Waals surface area contributed by atoms with Gasteiger partial charge in [-0.3, -0.25) is 9.59 Å². The molecule has 0 aliphatic heterocycles. The number of Topliss-reactive ketones (excluding diaryl/α,β-unsaturated/α-hetero) is 1. The first-order chi connectivity index (χ1) is 11.9. The van der Waals surface area contributed by atoms with Crippen molar-refractivity contribution >= 4 is 11.8 Å². The molecule has 1 atom stereocenters. The van der Waals surface area contributed by atoms with E-state index in [2.05, 4.69) is 0 Å². The molecule has 1 N–H and O–H groups in total. The Kier molecular flexibility index (Phi) is 6.34. The van der Waals surface area contributed by atoms with Crippen molar-refractivity contribution in [2.24, 2.45) is 5.92 Å². The fraction of sp³-hybridized carbons (Fsp3) is 0.333. The minimum Gasteiger partial charge on any atom is -0.489 e. The average molecular weight is 340 g/mol. The first kappa shape index (κ1) is 18.7. The number of carboxylic acids is 1. The summed E-state index contributed by atoms with van der Waals surface area (Å²) in [4.78, 5) is 23.4. The Balaban J connectivity index is 2.08. The topological polar surface area (TPSA) is 63.6 Å². The number of hydrogen-bond donors (Lipinski definition) is 1. The van der Waals surface area contributed by atoms with Crippen LogP contribution in [-0.2, 0) is 11.4 Å². The molecule has 0 saturated carbocycles. The molecule has 0 bridgehead atoms. The van der Waals surface area contributed by atoms with Crippen molar-refractivity contribution < 1.29 is 19.4 Å². The average Bonchev–Trinajstić information content (AvgIpc) is 2.59. The van der Waals surface area contributed by atoms with Gasteiger partial charge in [-0.1, -0.05) is 37.3 Å². The van der Waals surface area contributed by atoms with E-state index in [4.69, 9.17) is 9.84 Å². The van der Waals surface area contributed by atoms with Gasteiger partial charge in [0.2, 0.25) is 0 Å². The molecule has 0 amide bonds. The molecule has 0 saturated heterocycles. The van der Waals surface area contributed by atoms with Gasteiger partial charge in [0, 0.05) is 12.0 Å². The summed E-state index contributed by atoms with van der Waals surface area (Å²) in [6.07, 6.45) is 0.440. The standard InChI is InChI=1S/C21H24O4/c1-4-16(21(23)24)12-20(22)17-9-6-10-18(11-17)25-13-19-14(2)7-5-8-15(19)3/h5-11,16H,4,12-13H2,1-3H3,(H,23,24). The zero-order valence-electron chi connectivity index (χ0n) is 14.9. The van der Waals surface area contributed by atoms with Gasteiger partial charge in [0.05, 0.1) is 5.92 Å². The van der Waals surface area contributed by atoms with Crippen molar-refractivity contribution in [3.8, 4) is 5.75 Å². The van der Waals surface area contributed by atoms with E-state index in [0.29, 0.717) is 24.3 Å². The van der Waals surface area contributed by atoms with Gasteiger partial charge in [-0.05, 0) is 49.1 Å². The second-order valence-electron chi connectivity index (χ2n) is 6.26. The van der Waals surface area contributed by atoms with E-state index < -0.39 is 11.9 Å². The van der Waals surface area contributed by atoms with Crippen LogP contribution in [0.4, 0.5) is 0 Å². The molecule has 1 unspecified atom stereocenters. The van der Waals surface area contributed by atoms with Gasteiger partial charge in [-0.25, -0.2) is 0 Å².